The molecule has 1 rings (SSSR count). The smallest absolute Gasteiger partial charge is 0.245 e. The summed E-state index contributed by atoms with van der Waals surface area (Å²) in [5.41, 5.74) is 1.04. The molecular weight excluding hydrogens is 222 g/mol. The van der Waals surface area contributed by atoms with Gasteiger partial charge in [-0.25, -0.2) is 9.54 Å². The number of oxime groups is 1. The summed E-state index contributed by atoms with van der Waals surface area (Å²) in [6.45, 7) is 1.56. The maximum atomic E-state index is 10.5. The first-order valence-corrected chi connectivity index (χ1v) is 5.25. The lowest BCUT2D eigenvalue weighted by atomic mass is 10.1. The van der Waals surface area contributed by atoms with E-state index in [9.17, 15) is 8.42 Å². The summed E-state index contributed by atoms with van der Waals surface area (Å²) >= 11 is 0. The lowest BCUT2D eigenvalue weighted by Crippen LogP contribution is -2.05. The van der Waals surface area contributed by atoms with Gasteiger partial charge in [-0.05, 0) is 12.5 Å². The van der Waals surface area contributed by atoms with Crippen molar-refractivity contribution in [2.45, 2.75) is 6.92 Å². The Morgan fingerprint density at radius 1 is 1.33 bits per heavy atom. The number of rotatable bonds is 4. The molecule has 82 valence electrons. The third-order valence-corrected chi connectivity index (χ3v) is 1.99. The van der Waals surface area contributed by atoms with Crippen LogP contribution in [0.4, 0.5) is 0 Å². The second-order valence-electron chi connectivity index (χ2n) is 2.60. The van der Waals surface area contributed by atoms with Gasteiger partial charge in [0.15, 0.2) is 0 Å². The Morgan fingerprint density at radius 2 is 1.93 bits per heavy atom. The van der Waals surface area contributed by atoms with Crippen molar-refractivity contribution in [2.75, 3.05) is 0 Å². The van der Waals surface area contributed by atoms with Crippen LogP contribution in [-0.2, 0) is 19.0 Å². The van der Waals surface area contributed by atoms with Gasteiger partial charge in [0.2, 0.25) is 0 Å². The normalized spacial score (nSPS) is 12.5. The maximum Gasteiger partial charge on any atom is 0.496 e. The summed E-state index contributed by atoms with van der Waals surface area (Å²) in [5, 5.41) is 11.2. The van der Waals surface area contributed by atoms with Crippen LogP contribution in [0.5, 0.6) is 0 Å². The molecule has 0 aromatic heterocycles. The molecule has 0 atom stereocenters. The molecule has 0 heterocycles. The topological polar surface area (TPSA) is 85.2 Å². The predicted octanol–water partition coefficient (Wildman–Crippen LogP) is 1.16. The summed E-state index contributed by atoms with van der Waals surface area (Å²) in [4.78, 5) is 0. The number of hydrogen-bond donors (Lipinski definition) is 1. The second kappa shape index (κ2) is 4.87. The monoisotopic (exact) mass is 231 g/mol. The average molecular weight is 231 g/mol. The first-order valence-electron chi connectivity index (χ1n) is 3.92. The highest BCUT2D eigenvalue weighted by atomic mass is 32.3. The molecule has 0 aliphatic heterocycles. The van der Waals surface area contributed by atoms with E-state index < -0.39 is 10.4 Å². The highest BCUT2D eigenvalue weighted by Crippen LogP contribution is 2.02. The van der Waals surface area contributed by atoms with Crippen LogP contribution < -0.4 is 0 Å². The van der Waals surface area contributed by atoms with Gasteiger partial charge in [-0.3, -0.25) is 0 Å². The highest BCUT2D eigenvalue weighted by Gasteiger charge is 2.11. The number of nitrogens with zero attached hydrogens (tertiary/aromatic N) is 1. The Kier molecular flexibility index (Phi) is 3.78. The molecule has 0 unspecified atom stereocenters. The molecule has 7 heteroatoms. The minimum Gasteiger partial charge on any atom is -0.245 e. The summed E-state index contributed by atoms with van der Waals surface area (Å²) in [7, 11) is -4.45. The summed E-state index contributed by atoms with van der Waals surface area (Å²) in [5.74, 6) is 0. The van der Waals surface area contributed by atoms with E-state index in [4.69, 9.17) is 5.26 Å². The van der Waals surface area contributed by atoms with E-state index in [1.54, 1.807) is 31.2 Å². The van der Waals surface area contributed by atoms with E-state index in [0.717, 1.165) is 0 Å². The van der Waals surface area contributed by atoms with Gasteiger partial charge in [-0.1, -0.05) is 39.8 Å². The molecule has 0 aliphatic rings. The Hall–Kier alpha value is -1.44. The largest absolute Gasteiger partial charge is 0.496 e. The highest BCUT2D eigenvalue weighted by molar-refractivity contribution is 7.81. The van der Waals surface area contributed by atoms with Crippen molar-refractivity contribution >= 4 is 16.1 Å². The van der Waals surface area contributed by atoms with Crippen molar-refractivity contribution in [3.8, 4) is 0 Å². The molecule has 0 fully saturated rings. The van der Waals surface area contributed by atoms with Gasteiger partial charge in [0.25, 0.3) is 0 Å². The van der Waals surface area contributed by atoms with E-state index in [1.165, 1.54) is 0 Å². The second-order valence-corrected chi connectivity index (χ2v) is 3.71. The minimum atomic E-state index is -4.45. The van der Waals surface area contributed by atoms with Crippen LogP contribution >= 0.6 is 0 Å². The van der Waals surface area contributed by atoms with Crippen LogP contribution in [0.25, 0.3) is 0 Å². The van der Waals surface area contributed by atoms with E-state index >= 15 is 0 Å². The van der Waals surface area contributed by atoms with Gasteiger partial charge >= 0.3 is 10.4 Å². The third-order valence-electron chi connectivity index (χ3n) is 1.55. The summed E-state index contributed by atoms with van der Waals surface area (Å²) < 4.78 is 28.1. The Bertz CT molecular complexity index is 439. The van der Waals surface area contributed by atoms with Crippen LogP contribution in [0.1, 0.15) is 12.5 Å². The van der Waals surface area contributed by atoms with Gasteiger partial charge in [0, 0.05) is 0 Å². The zero-order valence-corrected chi connectivity index (χ0v) is 8.64. The average Bonchev–Trinajstić information content (AvgIpc) is 2.27. The zero-order chi connectivity index (χ0) is 11.3. The quantitative estimate of drug-likeness (QED) is 0.477. The number of benzene rings is 1. The van der Waals surface area contributed by atoms with Crippen molar-refractivity contribution in [1.29, 1.82) is 0 Å². The fourth-order valence-corrected chi connectivity index (χ4v) is 1.08. The molecule has 0 aliphatic carbocycles. The van der Waals surface area contributed by atoms with Crippen molar-refractivity contribution in [3.63, 3.8) is 0 Å². The molecular formula is C8H9NO5S. The van der Waals surface area contributed by atoms with Gasteiger partial charge in [-0.2, -0.15) is 8.42 Å². The SMILES string of the molecule is C/C(=N\OS(=O)(=O)OO)c1ccccc1. The Balaban J connectivity index is 2.78. The fourth-order valence-electron chi connectivity index (χ4n) is 0.847. The Labute approximate surface area is 87.0 Å². The number of hydrogen-bond acceptors (Lipinski definition) is 6. The first kappa shape index (κ1) is 11.6. The van der Waals surface area contributed by atoms with Gasteiger partial charge in [-0.15, -0.1) is 0 Å². The predicted molar refractivity (Wildman–Crippen MR) is 52.4 cm³/mol. The van der Waals surface area contributed by atoms with Crippen molar-refractivity contribution in [2.24, 2.45) is 5.16 Å². The molecule has 1 aromatic rings. The molecule has 15 heavy (non-hydrogen) atoms. The summed E-state index contributed by atoms with van der Waals surface area (Å²) in [6, 6.07) is 8.81. The molecule has 0 amide bonds. The van der Waals surface area contributed by atoms with E-state index in [0.29, 0.717) is 11.3 Å². The molecule has 0 radical (unpaired) electrons. The van der Waals surface area contributed by atoms with Crippen LogP contribution in [0.15, 0.2) is 35.5 Å². The fraction of sp³-hybridized carbons (Fsp3) is 0.125. The van der Waals surface area contributed by atoms with Gasteiger partial charge in [0.1, 0.15) is 0 Å². The van der Waals surface area contributed by atoms with Crippen molar-refractivity contribution in [3.05, 3.63) is 35.9 Å². The van der Waals surface area contributed by atoms with Crippen LogP contribution in [-0.4, -0.2) is 19.4 Å². The van der Waals surface area contributed by atoms with E-state index in [1.807, 2.05) is 6.07 Å². The molecule has 0 bridgehead atoms. The maximum absolute atomic E-state index is 10.5. The minimum absolute atomic E-state index is 0.344. The first-order chi connectivity index (χ1) is 7.05. The van der Waals surface area contributed by atoms with Crippen LogP contribution in [0, 0.1) is 0 Å². The Morgan fingerprint density at radius 3 is 2.47 bits per heavy atom. The molecule has 1 N–H and O–H groups in total. The molecule has 0 spiro atoms. The van der Waals surface area contributed by atoms with Crippen molar-refractivity contribution < 1.29 is 22.3 Å². The lowest BCUT2D eigenvalue weighted by molar-refractivity contribution is -0.142. The van der Waals surface area contributed by atoms with E-state index in [2.05, 4.69) is 13.8 Å². The van der Waals surface area contributed by atoms with Gasteiger partial charge < -0.3 is 0 Å². The third kappa shape index (κ3) is 3.66. The van der Waals surface area contributed by atoms with Crippen LogP contribution in [0.3, 0.4) is 0 Å². The summed E-state index contributed by atoms with van der Waals surface area (Å²) in [6.07, 6.45) is 0. The van der Waals surface area contributed by atoms with Gasteiger partial charge in [0.05, 0.1) is 5.71 Å². The molecule has 1 aromatic carbocycles. The molecule has 0 saturated carbocycles. The molecule has 0 saturated heterocycles. The molecule has 6 nitrogen and oxygen atoms in total. The van der Waals surface area contributed by atoms with Crippen LogP contribution in [0.2, 0.25) is 0 Å². The standard InChI is InChI=1S/C8H9NO5S/c1-7(8-5-3-2-4-6-8)9-13-15(11,12)14-10/h2-6,10H,1H3/b9-7+. The van der Waals surface area contributed by atoms with Crippen molar-refractivity contribution in [1.82, 2.24) is 0 Å². The van der Waals surface area contributed by atoms with E-state index in [-0.39, 0.29) is 0 Å². The zero-order valence-electron chi connectivity index (χ0n) is 7.82. The lowest BCUT2D eigenvalue weighted by Gasteiger charge is -1.99.